The van der Waals surface area contributed by atoms with E-state index in [0.29, 0.717) is 11.9 Å². The number of hydrogen-bond acceptors (Lipinski definition) is 5. The summed E-state index contributed by atoms with van der Waals surface area (Å²) in [5, 5.41) is 4.61. The monoisotopic (exact) mass is 470 g/mol. The van der Waals surface area contributed by atoms with Crippen LogP contribution in [0.3, 0.4) is 0 Å². The van der Waals surface area contributed by atoms with Crippen molar-refractivity contribution < 1.29 is 0 Å². The molecule has 1 saturated carbocycles. The maximum atomic E-state index is 4.82. The van der Waals surface area contributed by atoms with Crippen molar-refractivity contribution in [2.75, 3.05) is 5.32 Å². The number of aryl methyl sites for hydroxylation is 2. The van der Waals surface area contributed by atoms with Gasteiger partial charge in [0.1, 0.15) is 0 Å². The van der Waals surface area contributed by atoms with Gasteiger partial charge < -0.3 is 5.32 Å². The molecule has 0 radical (unpaired) electrons. The standard InChI is InChI=1S/C23H27BrN4S/c1-14-11-18(28-23-25-10-9-15(2)27-23)12-19(21(14)24)20-13-26-22(29-20)16(3)17-7-5-4-6-8-17/h9-13,16-17H,4-8H2,1-3H3,(H,25,27,28)/t16-/m0/s1. The minimum atomic E-state index is 0.538. The van der Waals surface area contributed by atoms with Crippen LogP contribution in [0.2, 0.25) is 0 Å². The second-order valence-corrected chi connectivity index (χ2v) is 9.91. The molecular weight excluding hydrogens is 444 g/mol. The number of rotatable bonds is 5. The molecule has 152 valence electrons. The summed E-state index contributed by atoms with van der Waals surface area (Å²) in [5.41, 5.74) is 4.27. The summed E-state index contributed by atoms with van der Waals surface area (Å²) in [4.78, 5) is 14.8. The minimum Gasteiger partial charge on any atom is -0.324 e. The minimum absolute atomic E-state index is 0.538. The van der Waals surface area contributed by atoms with Gasteiger partial charge >= 0.3 is 0 Å². The van der Waals surface area contributed by atoms with Crippen molar-refractivity contribution >= 4 is 38.9 Å². The molecule has 29 heavy (non-hydrogen) atoms. The van der Waals surface area contributed by atoms with Crippen LogP contribution in [-0.2, 0) is 0 Å². The lowest BCUT2D eigenvalue weighted by Crippen LogP contribution is -2.13. The quantitative estimate of drug-likeness (QED) is 0.421. The van der Waals surface area contributed by atoms with Gasteiger partial charge in [-0.1, -0.05) is 26.2 Å². The van der Waals surface area contributed by atoms with E-state index in [2.05, 4.69) is 57.2 Å². The first-order chi connectivity index (χ1) is 14.0. The lowest BCUT2D eigenvalue weighted by atomic mass is 9.81. The van der Waals surface area contributed by atoms with E-state index >= 15 is 0 Å². The third-order valence-electron chi connectivity index (χ3n) is 5.84. The van der Waals surface area contributed by atoms with Crippen LogP contribution in [0, 0.1) is 19.8 Å². The van der Waals surface area contributed by atoms with Gasteiger partial charge in [0, 0.05) is 39.7 Å². The third-order valence-corrected chi connectivity index (χ3v) is 8.13. The SMILES string of the molecule is Cc1ccnc(Nc2cc(C)c(Br)c(-c3cnc([C@@H](C)C4CCCCC4)s3)c2)n1. The molecule has 6 heteroatoms. The Morgan fingerprint density at radius 1 is 1.14 bits per heavy atom. The van der Waals surface area contributed by atoms with Gasteiger partial charge in [-0.05, 0) is 72.3 Å². The van der Waals surface area contributed by atoms with Crippen LogP contribution in [-0.4, -0.2) is 15.0 Å². The summed E-state index contributed by atoms with van der Waals surface area (Å²) in [7, 11) is 0. The Bertz CT molecular complexity index is 994. The van der Waals surface area contributed by atoms with Crippen LogP contribution in [0.1, 0.15) is 61.2 Å². The molecule has 0 amide bonds. The largest absolute Gasteiger partial charge is 0.324 e. The van der Waals surface area contributed by atoms with Crippen molar-refractivity contribution in [3.05, 3.63) is 51.3 Å². The maximum Gasteiger partial charge on any atom is 0.227 e. The summed E-state index contributed by atoms with van der Waals surface area (Å²) in [6.45, 7) is 6.44. The highest BCUT2D eigenvalue weighted by atomic mass is 79.9. The van der Waals surface area contributed by atoms with E-state index in [1.807, 2.05) is 30.5 Å². The van der Waals surface area contributed by atoms with E-state index in [1.54, 1.807) is 6.20 Å². The fourth-order valence-electron chi connectivity index (χ4n) is 4.12. The summed E-state index contributed by atoms with van der Waals surface area (Å²) in [6, 6.07) is 6.17. The van der Waals surface area contributed by atoms with Crippen LogP contribution in [0.4, 0.5) is 11.6 Å². The van der Waals surface area contributed by atoms with Gasteiger partial charge in [-0.2, -0.15) is 0 Å². The fourth-order valence-corrected chi connectivity index (χ4v) is 5.78. The average Bonchev–Trinajstić information content (AvgIpc) is 3.20. The lowest BCUT2D eigenvalue weighted by Gasteiger charge is -2.26. The molecule has 3 aromatic rings. The first-order valence-electron chi connectivity index (χ1n) is 10.3. The molecule has 4 rings (SSSR count). The Hall–Kier alpha value is -1.79. The van der Waals surface area contributed by atoms with Crippen LogP contribution in [0.15, 0.2) is 35.1 Å². The molecule has 1 aliphatic rings. The number of nitrogens with one attached hydrogen (secondary N) is 1. The van der Waals surface area contributed by atoms with Crippen LogP contribution in [0.25, 0.3) is 10.4 Å². The van der Waals surface area contributed by atoms with Gasteiger partial charge in [0.2, 0.25) is 5.95 Å². The van der Waals surface area contributed by atoms with Gasteiger partial charge in [0.15, 0.2) is 0 Å². The molecule has 0 aliphatic heterocycles. The van der Waals surface area contributed by atoms with Crippen LogP contribution in [0.5, 0.6) is 0 Å². The number of anilines is 2. The molecule has 2 heterocycles. The topological polar surface area (TPSA) is 50.7 Å². The molecule has 1 fully saturated rings. The van der Waals surface area contributed by atoms with Crippen molar-refractivity contribution in [2.24, 2.45) is 5.92 Å². The summed E-state index contributed by atoms with van der Waals surface area (Å²) >= 11 is 5.62. The van der Waals surface area contributed by atoms with E-state index in [4.69, 9.17) is 4.98 Å². The number of hydrogen-bond donors (Lipinski definition) is 1. The van der Waals surface area contributed by atoms with Crippen molar-refractivity contribution in [3.63, 3.8) is 0 Å². The predicted molar refractivity (Wildman–Crippen MR) is 125 cm³/mol. The summed E-state index contributed by atoms with van der Waals surface area (Å²) in [5.74, 6) is 1.93. The number of aromatic nitrogens is 3. The third kappa shape index (κ3) is 4.69. The van der Waals surface area contributed by atoms with Crippen LogP contribution >= 0.6 is 27.3 Å². The van der Waals surface area contributed by atoms with Gasteiger partial charge in [0.25, 0.3) is 0 Å². The number of thiazole rings is 1. The molecule has 1 N–H and O–H groups in total. The van der Waals surface area contributed by atoms with Crippen molar-refractivity contribution in [1.82, 2.24) is 15.0 Å². The van der Waals surface area contributed by atoms with E-state index in [9.17, 15) is 0 Å². The molecule has 0 bridgehead atoms. The van der Waals surface area contributed by atoms with E-state index in [1.165, 1.54) is 53.1 Å². The summed E-state index contributed by atoms with van der Waals surface area (Å²) < 4.78 is 1.12. The molecular formula is C23H27BrN4S. The van der Waals surface area contributed by atoms with Gasteiger partial charge in [-0.15, -0.1) is 11.3 Å². The Morgan fingerprint density at radius 2 is 1.93 bits per heavy atom. The Kier molecular flexibility index (Phi) is 6.30. The summed E-state index contributed by atoms with van der Waals surface area (Å²) in [6.07, 6.45) is 10.6. The second kappa shape index (κ2) is 8.92. The van der Waals surface area contributed by atoms with Gasteiger partial charge in [-0.3, -0.25) is 0 Å². The zero-order valence-electron chi connectivity index (χ0n) is 17.2. The Labute approximate surface area is 185 Å². The van der Waals surface area contributed by atoms with Crippen molar-refractivity contribution in [2.45, 2.75) is 58.8 Å². The van der Waals surface area contributed by atoms with E-state index < -0.39 is 0 Å². The van der Waals surface area contributed by atoms with E-state index in [0.717, 1.165) is 21.8 Å². The molecule has 1 aromatic carbocycles. The molecule has 4 nitrogen and oxygen atoms in total. The fraction of sp³-hybridized carbons (Fsp3) is 0.435. The average molecular weight is 471 g/mol. The van der Waals surface area contributed by atoms with Crippen molar-refractivity contribution in [1.29, 1.82) is 0 Å². The number of benzene rings is 1. The molecule has 1 aliphatic carbocycles. The molecule has 0 spiro atoms. The zero-order valence-corrected chi connectivity index (χ0v) is 19.6. The lowest BCUT2D eigenvalue weighted by molar-refractivity contribution is 0.315. The normalized spacial score (nSPS) is 16.0. The maximum absolute atomic E-state index is 4.82. The Morgan fingerprint density at radius 3 is 2.69 bits per heavy atom. The molecule has 2 aromatic heterocycles. The second-order valence-electron chi connectivity index (χ2n) is 8.05. The molecule has 0 saturated heterocycles. The van der Waals surface area contributed by atoms with Crippen LogP contribution < -0.4 is 5.32 Å². The van der Waals surface area contributed by atoms with Gasteiger partial charge in [-0.25, -0.2) is 15.0 Å². The van der Waals surface area contributed by atoms with Gasteiger partial charge in [0.05, 0.1) is 9.88 Å². The number of halogens is 1. The molecule has 1 atom stereocenters. The zero-order chi connectivity index (χ0) is 20.4. The smallest absolute Gasteiger partial charge is 0.227 e. The highest BCUT2D eigenvalue weighted by Crippen LogP contribution is 2.42. The predicted octanol–water partition coefficient (Wildman–Crippen LogP) is 7.41. The molecule has 0 unspecified atom stereocenters. The highest BCUT2D eigenvalue weighted by molar-refractivity contribution is 9.10. The van der Waals surface area contributed by atoms with E-state index in [-0.39, 0.29) is 0 Å². The number of nitrogens with zero attached hydrogens (tertiary/aromatic N) is 3. The highest BCUT2D eigenvalue weighted by Gasteiger charge is 2.24. The first-order valence-corrected chi connectivity index (χ1v) is 11.9. The Balaban J connectivity index is 1.61. The first kappa shape index (κ1) is 20.5. The van der Waals surface area contributed by atoms with Crippen molar-refractivity contribution in [3.8, 4) is 10.4 Å².